The van der Waals surface area contributed by atoms with Crippen LogP contribution in [0.4, 0.5) is 0 Å². The van der Waals surface area contributed by atoms with E-state index in [1.54, 1.807) is 16.9 Å². The molecule has 0 amide bonds. The van der Waals surface area contributed by atoms with Gasteiger partial charge >= 0.3 is 0 Å². The van der Waals surface area contributed by atoms with Crippen molar-refractivity contribution in [1.29, 1.82) is 0 Å². The number of aldehydes is 1. The molecule has 0 aliphatic carbocycles. The van der Waals surface area contributed by atoms with Crippen molar-refractivity contribution in [2.24, 2.45) is 0 Å². The number of hydrogen-bond donors (Lipinski definition) is 0. The Kier molecular flexibility index (Phi) is 4.07. The Balaban J connectivity index is 2.15. The van der Waals surface area contributed by atoms with Crippen LogP contribution in [0.2, 0.25) is 5.02 Å². The van der Waals surface area contributed by atoms with Crippen LogP contribution in [-0.4, -0.2) is 16.1 Å². The van der Waals surface area contributed by atoms with Gasteiger partial charge in [-0.15, -0.1) is 0 Å². The average Bonchev–Trinajstić information content (AvgIpc) is 2.92. The summed E-state index contributed by atoms with van der Waals surface area (Å²) in [7, 11) is 0. The van der Waals surface area contributed by atoms with Gasteiger partial charge in [-0.3, -0.25) is 4.79 Å². The lowest BCUT2D eigenvalue weighted by atomic mass is 10.1. The molecule has 0 spiro atoms. The summed E-state index contributed by atoms with van der Waals surface area (Å²) in [5, 5.41) is 5.18. The third-order valence-electron chi connectivity index (χ3n) is 3.07. The number of benzene rings is 2. The summed E-state index contributed by atoms with van der Waals surface area (Å²) in [6.07, 6.45) is 2.55. The van der Waals surface area contributed by atoms with Crippen LogP contribution in [0.3, 0.4) is 0 Å². The molecule has 3 nitrogen and oxygen atoms in total. The van der Waals surface area contributed by atoms with Crippen molar-refractivity contribution in [3.05, 3.63) is 68.9 Å². The highest BCUT2D eigenvalue weighted by Gasteiger charge is 2.13. The molecule has 21 heavy (non-hydrogen) atoms. The summed E-state index contributed by atoms with van der Waals surface area (Å²) in [6, 6.07) is 15.2. The zero-order valence-electron chi connectivity index (χ0n) is 10.8. The number of hydrogen-bond acceptors (Lipinski definition) is 2. The molecule has 0 aliphatic rings. The molecule has 0 fully saturated rings. The highest BCUT2D eigenvalue weighted by molar-refractivity contribution is 14.1. The van der Waals surface area contributed by atoms with Crippen molar-refractivity contribution in [3.8, 4) is 16.9 Å². The molecule has 2 aromatic carbocycles. The predicted molar refractivity (Wildman–Crippen MR) is 92.1 cm³/mol. The third kappa shape index (κ3) is 2.87. The van der Waals surface area contributed by atoms with E-state index in [1.165, 1.54) is 0 Å². The molecule has 0 radical (unpaired) electrons. The van der Waals surface area contributed by atoms with Gasteiger partial charge in [0.15, 0.2) is 6.29 Å². The SMILES string of the molecule is O=Cc1cn(-c2cccc(Cl)c2)nc1-c1ccccc1I. The third-order valence-corrected chi connectivity index (χ3v) is 4.25. The van der Waals surface area contributed by atoms with Gasteiger partial charge in [-0.25, -0.2) is 4.68 Å². The Morgan fingerprint density at radius 1 is 1.14 bits per heavy atom. The van der Waals surface area contributed by atoms with E-state index >= 15 is 0 Å². The number of halogens is 2. The van der Waals surface area contributed by atoms with Crippen molar-refractivity contribution in [2.75, 3.05) is 0 Å². The molecular formula is C16H10ClIN2O. The van der Waals surface area contributed by atoms with Gasteiger partial charge in [-0.05, 0) is 46.9 Å². The quantitative estimate of drug-likeness (QED) is 0.469. The highest BCUT2D eigenvalue weighted by atomic mass is 127. The Hall–Kier alpha value is -1.66. The molecule has 0 saturated carbocycles. The van der Waals surface area contributed by atoms with Crippen LogP contribution < -0.4 is 0 Å². The van der Waals surface area contributed by atoms with Crippen molar-refractivity contribution in [2.45, 2.75) is 0 Å². The molecule has 3 aromatic rings. The highest BCUT2D eigenvalue weighted by Crippen LogP contribution is 2.27. The molecule has 0 unspecified atom stereocenters. The number of aromatic nitrogens is 2. The molecule has 0 atom stereocenters. The van der Waals surface area contributed by atoms with Crippen LogP contribution in [-0.2, 0) is 0 Å². The standard InChI is InChI=1S/C16H10ClIN2O/c17-12-4-3-5-13(8-12)20-9-11(10-21)16(19-20)14-6-1-2-7-15(14)18/h1-10H. The van der Waals surface area contributed by atoms with Gasteiger partial charge in [0.2, 0.25) is 0 Å². The van der Waals surface area contributed by atoms with Crippen LogP contribution in [0.1, 0.15) is 10.4 Å². The van der Waals surface area contributed by atoms with E-state index in [-0.39, 0.29) is 0 Å². The normalized spacial score (nSPS) is 10.6. The summed E-state index contributed by atoms with van der Waals surface area (Å²) < 4.78 is 2.73. The van der Waals surface area contributed by atoms with E-state index in [0.717, 1.165) is 21.1 Å². The summed E-state index contributed by atoms with van der Waals surface area (Å²) in [6.45, 7) is 0. The van der Waals surface area contributed by atoms with Crippen LogP contribution >= 0.6 is 34.2 Å². The number of rotatable bonds is 3. The van der Waals surface area contributed by atoms with Crippen molar-refractivity contribution < 1.29 is 4.79 Å². The van der Waals surface area contributed by atoms with E-state index < -0.39 is 0 Å². The molecule has 3 rings (SSSR count). The molecule has 0 aliphatic heterocycles. The summed E-state index contributed by atoms with van der Waals surface area (Å²) in [4.78, 5) is 11.3. The predicted octanol–water partition coefficient (Wildman–Crippen LogP) is 4.61. The minimum atomic E-state index is 0.555. The second kappa shape index (κ2) is 5.99. The van der Waals surface area contributed by atoms with E-state index in [2.05, 4.69) is 27.7 Å². The minimum Gasteiger partial charge on any atom is -0.298 e. The molecule has 0 N–H and O–H groups in total. The Labute approximate surface area is 140 Å². The van der Waals surface area contributed by atoms with Gasteiger partial charge < -0.3 is 0 Å². The lowest BCUT2D eigenvalue weighted by Gasteiger charge is -2.02. The second-order valence-electron chi connectivity index (χ2n) is 4.46. The van der Waals surface area contributed by atoms with Crippen LogP contribution in [0.15, 0.2) is 54.7 Å². The molecule has 0 saturated heterocycles. The fourth-order valence-electron chi connectivity index (χ4n) is 2.09. The number of carbonyl (C=O) groups is 1. The number of carbonyl (C=O) groups excluding carboxylic acids is 1. The van der Waals surface area contributed by atoms with Crippen LogP contribution in [0.25, 0.3) is 16.9 Å². The molecule has 104 valence electrons. The maximum Gasteiger partial charge on any atom is 0.153 e. The second-order valence-corrected chi connectivity index (χ2v) is 6.05. The van der Waals surface area contributed by atoms with E-state index in [0.29, 0.717) is 16.3 Å². The fourth-order valence-corrected chi connectivity index (χ4v) is 2.91. The Bertz CT molecular complexity index is 814. The van der Waals surface area contributed by atoms with Crippen molar-refractivity contribution in [1.82, 2.24) is 9.78 Å². The van der Waals surface area contributed by atoms with Gasteiger partial charge in [0.1, 0.15) is 5.69 Å². The first-order valence-electron chi connectivity index (χ1n) is 6.25. The molecular weight excluding hydrogens is 399 g/mol. The van der Waals surface area contributed by atoms with Crippen LogP contribution in [0, 0.1) is 3.57 Å². The molecule has 5 heteroatoms. The largest absolute Gasteiger partial charge is 0.298 e. The van der Waals surface area contributed by atoms with Crippen LogP contribution in [0.5, 0.6) is 0 Å². The van der Waals surface area contributed by atoms with Gasteiger partial charge in [0, 0.05) is 20.4 Å². The Morgan fingerprint density at radius 3 is 2.67 bits per heavy atom. The van der Waals surface area contributed by atoms with E-state index in [4.69, 9.17) is 11.6 Å². The Morgan fingerprint density at radius 2 is 1.95 bits per heavy atom. The van der Waals surface area contributed by atoms with Crippen molar-refractivity contribution in [3.63, 3.8) is 0 Å². The zero-order chi connectivity index (χ0) is 14.8. The van der Waals surface area contributed by atoms with Crippen molar-refractivity contribution >= 4 is 40.5 Å². The van der Waals surface area contributed by atoms with Gasteiger partial charge in [-0.1, -0.05) is 35.9 Å². The van der Waals surface area contributed by atoms with Gasteiger partial charge in [0.05, 0.1) is 11.3 Å². The first-order valence-corrected chi connectivity index (χ1v) is 7.70. The molecule has 1 aromatic heterocycles. The number of nitrogens with zero attached hydrogens (tertiary/aromatic N) is 2. The summed E-state index contributed by atoms with van der Waals surface area (Å²) in [5.74, 6) is 0. The smallest absolute Gasteiger partial charge is 0.153 e. The topological polar surface area (TPSA) is 34.9 Å². The lowest BCUT2D eigenvalue weighted by molar-refractivity contribution is 0.112. The minimum absolute atomic E-state index is 0.555. The van der Waals surface area contributed by atoms with E-state index in [1.807, 2.05) is 42.5 Å². The molecule has 1 heterocycles. The van der Waals surface area contributed by atoms with E-state index in [9.17, 15) is 4.79 Å². The lowest BCUT2D eigenvalue weighted by Crippen LogP contribution is -1.94. The fraction of sp³-hybridized carbons (Fsp3) is 0. The maximum atomic E-state index is 11.3. The summed E-state index contributed by atoms with van der Waals surface area (Å²) in [5.41, 5.74) is 3.00. The van der Waals surface area contributed by atoms with Gasteiger partial charge in [0.25, 0.3) is 0 Å². The zero-order valence-corrected chi connectivity index (χ0v) is 13.7. The van der Waals surface area contributed by atoms with Gasteiger partial charge in [-0.2, -0.15) is 5.10 Å². The average molecular weight is 409 g/mol. The summed E-state index contributed by atoms with van der Waals surface area (Å²) >= 11 is 8.25. The first kappa shape index (κ1) is 14.3. The monoisotopic (exact) mass is 408 g/mol. The molecule has 0 bridgehead atoms. The maximum absolute atomic E-state index is 11.3. The first-order chi connectivity index (χ1) is 10.2.